The standard InChI is InChI=1S/C36H47N5O5/c1-23(2)33(41-16-15-38-36(41)45)35(44)39-29(19-26-11-7-5-8-12-26)21-31(42)30(20-27-13-9-6-10-14-27)40-32(43)22-46-34-24(3)17-28(37)18-25(34)4/h5-14,17-18,23,29-31,33,42H,15-16,19-22,37H2,1-4H3,(H,38,45)(H,39,44)(H,40,43)/t29-,30-,31-,33-/m0/s1. The molecule has 1 fully saturated rings. The number of nitrogens with two attached hydrogens (primary N) is 1. The van der Waals surface area contributed by atoms with Crippen LogP contribution in [0.3, 0.4) is 0 Å². The number of aliphatic hydroxyl groups is 1. The summed E-state index contributed by atoms with van der Waals surface area (Å²) in [5, 5.41) is 20.6. The number of carbonyl (C=O) groups excluding carboxylic acids is 3. The zero-order valence-electron chi connectivity index (χ0n) is 27.2. The van der Waals surface area contributed by atoms with Crippen molar-refractivity contribution in [2.24, 2.45) is 5.92 Å². The lowest BCUT2D eigenvalue weighted by atomic mass is 9.93. The molecular weight excluding hydrogens is 582 g/mol. The van der Waals surface area contributed by atoms with Crippen molar-refractivity contribution in [3.8, 4) is 5.75 Å². The molecule has 246 valence electrons. The van der Waals surface area contributed by atoms with Crippen LogP contribution in [0.15, 0.2) is 72.8 Å². The van der Waals surface area contributed by atoms with Gasteiger partial charge in [-0.2, -0.15) is 0 Å². The van der Waals surface area contributed by atoms with Crippen LogP contribution in [0.4, 0.5) is 10.5 Å². The molecule has 0 saturated carbocycles. The first-order valence-electron chi connectivity index (χ1n) is 15.9. The molecule has 0 aliphatic carbocycles. The molecule has 1 aliphatic rings. The zero-order valence-corrected chi connectivity index (χ0v) is 27.2. The maximum absolute atomic E-state index is 13.7. The Hall–Kier alpha value is -4.57. The highest BCUT2D eigenvalue weighted by atomic mass is 16.5. The predicted molar refractivity (Wildman–Crippen MR) is 179 cm³/mol. The van der Waals surface area contributed by atoms with Crippen molar-refractivity contribution in [3.63, 3.8) is 0 Å². The molecule has 3 aromatic rings. The Morgan fingerprint density at radius 3 is 2.09 bits per heavy atom. The van der Waals surface area contributed by atoms with Crippen molar-refractivity contribution < 1.29 is 24.2 Å². The molecule has 1 heterocycles. The van der Waals surface area contributed by atoms with Gasteiger partial charge in [0.15, 0.2) is 6.61 Å². The Kier molecular flexibility index (Phi) is 12.0. The number of carbonyl (C=O) groups is 3. The van der Waals surface area contributed by atoms with Gasteiger partial charge in [0.25, 0.3) is 5.91 Å². The van der Waals surface area contributed by atoms with Gasteiger partial charge >= 0.3 is 6.03 Å². The van der Waals surface area contributed by atoms with Gasteiger partial charge < -0.3 is 36.4 Å². The lowest BCUT2D eigenvalue weighted by molar-refractivity contribution is -0.128. The van der Waals surface area contributed by atoms with Crippen LogP contribution in [0.2, 0.25) is 0 Å². The molecule has 0 aromatic heterocycles. The Balaban J connectivity index is 1.52. The van der Waals surface area contributed by atoms with Crippen LogP contribution in [0, 0.1) is 19.8 Å². The largest absolute Gasteiger partial charge is 0.483 e. The summed E-state index contributed by atoms with van der Waals surface area (Å²) in [5.74, 6) is -0.170. The van der Waals surface area contributed by atoms with E-state index in [4.69, 9.17) is 10.5 Å². The normalized spacial score (nSPS) is 15.5. The average Bonchev–Trinajstić information content (AvgIpc) is 3.41. The number of nitrogens with zero attached hydrogens (tertiary/aromatic N) is 1. The summed E-state index contributed by atoms with van der Waals surface area (Å²) in [6, 6.07) is 20.9. The third kappa shape index (κ3) is 9.47. The number of aliphatic hydroxyl groups excluding tert-OH is 1. The van der Waals surface area contributed by atoms with Gasteiger partial charge in [-0.3, -0.25) is 9.59 Å². The van der Waals surface area contributed by atoms with Crippen LogP contribution in [0.5, 0.6) is 5.75 Å². The first-order chi connectivity index (χ1) is 22.0. The number of hydrogen-bond donors (Lipinski definition) is 5. The molecule has 6 N–H and O–H groups in total. The molecule has 4 amide bonds. The number of aryl methyl sites for hydroxylation is 2. The van der Waals surface area contributed by atoms with E-state index < -0.39 is 24.2 Å². The number of benzene rings is 3. The summed E-state index contributed by atoms with van der Waals surface area (Å²) >= 11 is 0. The van der Waals surface area contributed by atoms with E-state index in [1.165, 1.54) is 0 Å². The van der Waals surface area contributed by atoms with Gasteiger partial charge in [-0.1, -0.05) is 74.5 Å². The number of nitrogen functional groups attached to an aromatic ring is 1. The van der Waals surface area contributed by atoms with E-state index in [1.54, 1.807) is 17.0 Å². The van der Waals surface area contributed by atoms with E-state index in [-0.39, 0.29) is 36.8 Å². The van der Waals surface area contributed by atoms with Crippen molar-refractivity contribution in [1.82, 2.24) is 20.9 Å². The molecule has 10 nitrogen and oxygen atoms in total. The Morgan fingerprint density at radius 1 is 0.957 bits per heavy atom. The fourth-order valence-corrected chi connectivity index (χ4v) is 6.14. The highest BCUT2D eigenvalue weighted by Crippen LogP contribution is 2.26. The summed E-state index contributed by atoms with van der Waals surface area (Å²) in [6.45, 7) is 8.28. The molecule has 4 rings (SSSR count). The summed E-state index contributed by atoms with van der Waals surface area (Å²) in [5.41, 5.74) is 10.2. The number of anilines is 1. The van der Waals surface area contributed by atoms with E-state index in [0.29, 0.717) is 37.4 Å². The summed E-state index contributed by atoms with van der Waals surface area (Å²) in [6.07, 6.45) is 0.00549. The van der Waals surface area contributed by atoms with Crippen LogP contribution in [0.1, 0.15) is 42.5 Å². The summed E-state index contributed by atoms with van der Waals surface area (Å²) in [7, 11) is 0. The maximum atomic E-state index is 13.7. The molecule has 0 unspecified atom stereocenters. The Morgan fingerprint density at radius 2 is 1.54 bits per heavy atom. The lowest BCUT2D eigenvalue weighted by Gasteiger charge is -2.32. The molecule has 4 atom stereocenters. The van der Waals surface area contributed by atoms with Crippen LogP contribution in [0.25, 0.3) is 0 Å². The highest BCUT2D eigenvalue weighted by molar-refractivity contribution is 5.88. The van der Waals surface area contributed by atoms with Gasteiger partial charge in [0, 0.05) is 24.8 Å². The third-order valence-electron chi connectivity index (χ3n) is 8.26. The number of urea groups is 1. The van der Waals surface area contributed by atoms with Crippen molar-refractivity contribution in [2.45, 2.75) is 71.2 Å². The quantitative estimate of drug-likeness (QED) is 0.163. The smallest absolute Gasteiger partial charge is 0.318 e. The van der Waals surface area contributed by atoms with Crippen LogP contribution in [-0.4, -0.2) is 71.8 Å². The molecule has 10 heteroatoms. The molecule has 46 heavy (non-hydrogen) atoms. The molecule has 1 saturated heterocycles. The fourth-order valence-electron chi connectivity index (χ4n) is 6.14. The number of rotatable bonds is 15. The molecular formula is C36H47N5O5. The first-order valence-corrected chi connectivity index (χ1v) is 15.9. The SMILES string of the molecule is Cc1cc(N)cc(C)c1OCC(=O)N[C@@H](Cc1ccccc1)[C@@H](O)C[C@H](Cc1ccccc1)NC(=O)[C@H](C(C)C)N1CCNC1=O. The molecule has 0 radical (unpaired) electrons. The Labute approximate surface area is 271 Å². The van der Waals surface area contributed by atoms with E-state index in [9.17, 15) is 19.5 Å². The minimum atomic E-state index is -1.01. The van der Waals surface area contributed by atoms with Gasteiger partial charge in [-0.05, 0) is 73.4 Å². The number of hydrogen-bond acceptors (Lipinski definition) is 6. The van der Waals surface area contributed by atoms with Gasteiger partial charge in [0.1, 0.15) is 11.8 Å². The second-order valence-electron chi connectivity index (χ2n) is 12.4. The maximum Gasteiger partial charge on any atom is 0.318 e. The van der Waals surface area contributed by atoms with Crippen molar-refractivity contribution in [3.05, 3.63) is 95.1 Å². The monoisotopic (exact) mass is 629 g/mol. The second-order valence-corrected chi connectivity index (χ2v) is 12.4. The average molecular weight is 630 g/mol. The predicted octanol–water partition coefficient (Wildman–Crippen LogP) is 3.52. The minimum Gasteiger partial charge on any atom is -0.483 e. The van der Waals surface area contributed by atoms with Crippen molar-refractivity contribution in [1.29, 1.82) is 0 Å². The number of amides is 4. The van der Waals surface area contributed by atoms with E-state index in [1.807, 2.05) is 88.4 Å². The van der Waals surface area contributed by atoms with Gasteiger partial charge in [0.2, 0.25) is 5.91 Å². The van der Waals surface area contributed by atoms with Gasteiger partial charge in [-0.15, -0.1) is 0 Å². The summed E-state index contributed by atoms with van der Waals surface area (Å²) < 4.78 is 5.89. The molecule has 0 spiro atoms. The van der Waals surface area contributed by atoms with Crippen molar-refractivity contribution in [2.75, 3.05) is 25.4 Å². The molecule has 3 aromatic carbocycles. The second kappa shape index (κ2) is 16.1. The third-order valence-corrected chi connectivity index (χ3v) is 8.26. The topological polar surface area (TPSA) is 146 Å². The number of nitrogens with one attached hydrogen (secondary N) is 3. The highest BCUT2D eigenvalue weighted by Gasteiger charge is 2.36. The van der Waals surface area contributed by atoms with Gasteiger partial charge in [-0.25, -0.2) is 4.79 Å². The van der Waals surface area contributed by atoms with Crippen LogP contribution >= 0.6 is 0 Å². The van der Waals surface area contributed by atoms with Gasteiger partial charge in [0.05, 0.1) is 12.1 Å². The lowest BCUT2D eigenvalue weighted by Crippen LogP contribution is -2.55. The number of ether oxygens (including phenoxy) is 1. The van der Waals surface area contributed by atoms with Crippen molar-refractivity contribution >= 4 is 23.5 Å². The molecule has 1 aliphatic heterocycles. The summed E-state index contributed by atoms with van der Waals surface area (Å²) in [4.78, 5) is 41.0. The fraction of sp³-hybridized carbons (Fsp3) is 0.417. The zero-order chi connectivity index (χ0) is 33.2. The Bertz CT molecular complexity index is 1440. The van der Waals surface area contributed by atoms with E-state index in [0.717, 1.165) is 22.3 Å². The molecule has 0 bridgehead atoms. The van der Waals surface area contributed by atoms with Crippen LogP contribution in [-0.2, 0) is 22.4 Å². The van der Waals surface area contributed by atoms with Crippen LogP contribution < -0.4 is 26.4 Å². The minimum absolute atomic E-state index is 0.121. The first kappa shape index (κ1) is 34.3. The van der Waals surface area contributed by atoms with E-state index in [2.05, 4.69) is 16.0 Å². The van der Waals surface area contributed by atoms with E-state index >= 15 is 0 Å².